The highest BCUT2D eigenvalue weighted by molar-refractivity contribution is 5.76. The molecule has 0 bridgehead atoms. The van der Waals surface area contributed by atoms with Crippen LogP contribution in [0.4, 0.5) is 0 Å². The summed E-state index contributed by atoms with van der Waals surface area (Å²) < 4.78 is 0. The highest BCUT2D eigenvalue weighted by Crippen LogP contribution is 2.25. The van der Waals surface area contributed by atoms with E-state index in [0.717, 1.165) is 0 Å². The van der Waals surface area contributed by atoms with Gasteiger partial charge in [-0.2, -0.15) is 0 Å². The fourth-order valence-corrected chi connectivity index (χ4v) is 2.73. The van der Waals surface area contributed by atoms with E-state index < -0.39 is 0 Å². The van der Waals surface area contributed by atoms with Crippen LogP contribution in [-0.4, -0.2) is 23.2 Å². The zero-order valence-corrected chi connectivity index (χ0v) is 11.2. The Morgan fingerprint density at radius 2 is 1.82 bits per heavy atom. The van der Waals surface area contributed by atoms with Crippen LogP contribution in [0.3, 0.4) is 0 Å². The highest BCUT2D eigenvalue weighted by Gasteiger charge is 2.17. The minimum atomic E-state index is -0.344. The number of nitrogens with one attached hydrogen (secondary N) is 1. The molecular weight excluding hydrogens is 214 g/mol. The first-order valence-electron chi connectivity index (χ1n) is 7.05. The number of aliphatic hydroxyl groups is 1. The molecule has 0 spiro atoms. The fraction of sp³-hybridized carbons (Fsp3) is 0.929. The van der Waals surface area contributed by atoms with Crippen LogP contribution >= 0.6 is 0 Å². The van der Waals surface area contributed by atoms with E-state index in [4.69, 9.17) is 0 Å². The van der Waals surface area contributed by atoms with Gasteiger partial charge in [-0.25, -0.2) is 0 Å². The van der Waals surface area contributed by atoms with Gasteiger partial charge in [-0.15, -0.1) is 0 Å². The minimum absolute atomic E-state index is 0.0771. The molecule has 2 unspecified atom stereocenters. The second-order valence-corrected chi connectivity index (χ2v) is 5.61. The zero-order chi connectivity index (χ0) is 12.7. The van der Waals surface area contributed by atoms with E-state index in [1.165, 1.54) is 38.5 Å². The summed E-state index contributed by atoms with van der Waals surface area (Å²) in [5, 5.41) is 12.2. The van der Waals surface area contributed by atoms with Crippen molar-refractivity contribution < 1.29 is 9.90 Å². The summed E-state index contributed by atoms with van der Waals surface area (Å²) in [6, 6.07) is 0.0771. The predicted octanol–water partition coefficient (Wildman–Crippen LogP) is 2.62. The maximum Gasteiger partial charge on any atom is 0.220 e. The highest BCUT2D eigenvalue weighted by atomic mass is 16.3. The van der Waals surface area contributed by atoms with Gasteiger partial charge in [-0.3, -0.25) is 4.79 Å². The Labute approximate surface area is 105 Å². The lowest BCUT2D eigenvalue weighted by molar-refractivity contribution is -0.122. The number of hydrogen-bond acceptors (Lipinski definition) is 2. The van der Waals surface area contributed by atoms with Crippen molar-refractivity contribution in [2.24, 2.45) is 5.92 Å². The summed E-state index contributed by atoms with van der Waals surface area (Å²) in [6.45, 7) is 3.71. The molecule has 100 valence electrons. The van der Waals surface area contributed by atoms with Crippen LogP contribution in [0, 0.1) is 5.92 Å². The fourth-order valence-electron chi connectivity index (χ4n) is 2.73. The summed E-state index contributed by atoms with van der Waals surface area (Å²) >= 11 is 0. The molecule has 1 aliphatic carbocycles. The number of aliphatic hydroxyl groups excluding tert-OH is 1. The molecule has 1 rings (SSSR count). The number of carbonyl (C=O) groups excluding carboxylic acids is 1. The third-order valence-corrected chi connectivity index (χ3v) is 3.55. The monoisotopic (exact) mass is 241 g/mol. The lowest BCUT2D eigenvalue weighted by atomic mass is 9.96. The molecule has 0 aromatic carbocycles. The van der Waals surface area contributed by atoms with Gasteiger partial charge in [0.05, 0.1) is 6.10 Å². The Hall–Kier alpha value is -0.570. The van der Waals surface area contributed by atoms with Crippen LogP contribution in [-0.2, 0) is 4.79 Å². The molecule has 3 nitrogen and oxygen atoms in total. The molecular formula is C14H27NO2. The van der Waals surface area contributed by atoms with Crippen molar-refractivity contribution in [3.8, 4) is 0 Å². The second-order valence-electron chi connectivity index (χ2n) is 5.61. The molecule has 2 N–H and O–H groups in total. The summed E-state index contributed by atoms with van der Waals surface area (Å²) in [6.07, 6.45) is 8.59. The van der Waals surface area contributed by atoms with Crippen molar-refractivity contribution in [2.45, 2.75) is 77.4 Å². The van der Waals surface area contributed by atoms with Gasteiger partial charge in [0.1, 0.15) is 0 Å². The Morgan fingerprint density at radius 1 is 1.24 bits per heavy atom. The average molecular weight is 241 g/mol. The van der Waals surface area contributed by atoms with Crippen molar-refractivity contribution in [3.05, 3.63) is 0 Å². The molecule has 3 heteroatoms. The van der Waals surface area contributed by atoms with Gasteiger partial charge >= 0.3 is 0 Å². The van der Waals surface area contributed by atoms with Crippen molar-refractivity contribution >= 4 is 5.91 Å². The standard InChI is InChI=1S/C14H27NO2/c1-11(9-12(2)16)15-14(17)10-13-7-5-3-4-6-8-13/h11-13,16H,3-10H2,1-2H3,(H,15,17). The largest absolute Gasteiger partial charge is 0.393 e. The molecule has 1 saturated carbocycles. The smallest absolute Gasteiger partial charge is 0.220 e. The van der Waals surface area contributed by atoms with Crippen molar-refractivity contribution in [2.75, 3.05) is 0 Å². The van der Waals surface area contributed by atoms with E-state index in [1.807, 2.05) is 6.92 Å². The Kier molecular flexibility index (Phi) is 6.56. The van der Waals surface area contributed by atoms with Gasteiger partial charge < -0.3 is 10.4 Å². The number of rotatable bonds is 5. The van der Waals surface area contributed by atoms with Crippen LogP contribution in [0.1, 0.15) is 65.2 Å². The van der Waals surface area contributed by atoms with Gasteiger partial charge in [0.25, 0.3) is 0 Å². The van der Waals surface area contributed by atoms with Crippen molar-refractivity contribution in [1.82, 2.24) is 5.32 Å². The lowest BCUT2D eigenvalue weighted by Crippen LogP contribution is -2.35. The van der Waals surface area contributed by atoms with Gasteiger partial charge in [0.2, 0.25) is 5.91 Å². The van der Waals surface area contributed by atoms with E-state index in [2.05, 4.69) is 5.32 Å². The number of carbonyl (C=O) groups is 1. The summed E-state index contributed by atoms with van der Waals surface area (Å²) in [4.78, 5) is 11.8. The van der Waals surface area contributed by atoms with Crippen molar-refractivity contribution in [3.63, 3.8) is 0 Å². The molecule has 1 amide bonds. The van der Waals surface area contributed by atoms with E-state index in [0.29, 0.717) is 18.8 Å². The van der Waals surface area contributed by atoms with E-state index >= 15 is 0 Å². The first-order valence-corrected chi connectivity index (χ1v) is 7.05. The van der Waals surface area contributed by atoms with Gasteiger partial charge in [0, 0.05) is 12.5 Å². The topological polar surface area (TPSA) is 49.3 Å². The molecule has 1 fully saturated rings. The molecule has 2 atom stereocenters. The zero-order valence-electron chi connectivity index (χ0n) is 11.2. The molecule has 0 aromatic heterocycles. The minimum Gasteiger partial charge on any atom is -0.393 e. The van der Waals surface area contributed by atoms with Gasteiger partial charge in [-0.05, 0) is 39.0 Å². The van der Waals surface area contributed by atoms with Crippen LogP contribution in [0.5, 0.6) is 0 Å². The van der Waals surface area contributed by atoms with E-state index in [9.17, 15) is 9.90 Å². The third-order valence-electron chi connectivity index (χ3n) is 3.55. The molecule has 0 aliphatic heterocycles. The first kappa shape index (κ1) is 14.5. The SMILES string of the molecule is CC(O)CC(C)NC(=O)CC1CCCCCC1. The third kappa shape index (κ3) is 6.67. The number of hydrogen-bond donors (Lipinski definition) is 2. The first-order chi connectivity index (χ1) is 8.08. The number of amides is 1. The van der Waals surface area contributed by atoms with Crippen LogP contribution in [0.2, 0.25) is 0 Å². The summed E-state index contributed by atoms with van der Waals surface area (Å²) in [5.74, 6) is 0.737. The summed E-state index contributed by atoms with van der Waals surface area (Å²) in [5.41, 5.74) is 0. The van der Waals surface area contributed by atoms with Crippen molar-refractivity contribution in [1.29, 1.82) is 0 Å². The quantitative estimate of drug-likeness (QED) is 0.727. The van der Waals surface area contributed by atoms with Gasteiger partial charge in [-0.1, -0.05) is 25.7 Å². The Morgan fingerprint density at radius 3 is 2.35 bits per heavy atom. The van der Waals surface area contributed by atoms with Crippen LogP contribution in [0.25, 0.3) is 0 Å². The normalized spacial score (nSPS) is 21.6. The van der Waals surface area contributed by atoms with E-state index in [1.54, 1.807) is 6.92 Å². The molecule has 17 heavy (non-hydrogen) atoms. The molecule has 0 radical (unpaired) electrons. The van der Waals surface area contributed by atoms with Crippen LogP contribution < -0.4 is 5.32 Å². The Bertz CT molecular complexity index is 220. The lowest BCUT2D eigenvalue weighted by Gasteiger charge is -2.18. The maximum absolute atomic E-state index is 11.8. The average Bonchev–Trinajstić information content (AvgIpc) is 2.44. The maximum atomic E-state index is 11.8. The molecule has 0 aromatic rings. The molecule has 0 heterocycles. The second kappa shape index (κ2) is 7.70. The molecule has 0 saturated heterocycles. The van der Waals surface area contributed by atoms with E-state index in [-0.39, 0.29) is 18.1 Å². The van der Waals surface area contributed by atoms with Gasteiger partial charge in [0.15, 0.2) is 0 Å². The Balaban J connectivity index is 2.23. The van der Waals surface area contributed by atoms with Crippen LogP contribution in [0.15, 0.2) is 0 Å². The predicted molar refractivity (Wildman–Crippen MR) is 69.7 cm³/mol. The summed E-state index contributed by atoms with van der Waals surface area (Å²) in [7, 11) is 0. The molecule has 1 aliphatic rings.